The summed E-state index contributed by atoms with van der Waals surface area (Å²) in [5, 5.41) is 8.02. The summed E-state index contributed by atoms with van der Waals surface area (Å²) in [5.41, 5.74) is 3.00. The van der Waals surface area contributed by atoms with Crippen LogP contribution in [0, 0.1) is 6.92 Å². The van der Waals surface area contributed by atoms with Crippen LogP contribution < -0.4 is 10.2 Å². The van der Waals surface area contributed by atoms with Crippen molar-refractivity contribution >= 4 is 34.4 Å². The van der Waals surface area contributed by atoms with E-state index < -0.39 is 0 Å². The predicted octanol–water partition coefficient (Wildman–Crippen LogP) is 2.72. The fourth-order valence-corrected chi connectivity index (χ4v) is 3.68. The largest absolute Gasteiger partial charge is 0.353 e. The molecule has 8 heteroatoms. The van der Waals surface area contributed by atoms with Crippen LogP contribution >= 0.6 is 11.6 Å². The van der Waals surface area contributed by atoms with Gasteiger partial charge in [0.1, 0.15) is 11.5 Å². The number of rotatable bonds is 3. The average molecular weight is 385 g/mol. The normalized spacial score (nSPS) is 17.3. The smallest absolute Gasteiger partial charge is 0.269 e. The number of benzene rings is 1. The van der Waals surface area contributed by atoms with Gasteiger partial charge in [0.05, 0.1) is 22.9 Å². The maximum atomic E-state index is 12.6. The highest BCUT2D eigenvalue weighted by molar-refractivity contribution is 6.31. The molecule has 1 atom stereocenters. The van der Waals surface area contributed by atoms with Gasteiger partial charge in [-0.2, -0.15) is 5.10 Å². The summed E-state index contributed by atoms with van der Waals surface area (Å²) in [4.78, 5) is 23.9. The molecule has 4 rings (SSSR count). The fraction of sp³-hybridized carbons (Fsp3) is 0.368. The Bertz CT molecular complexity index is 1000. The molecule has 1 fully saturated rings. The highest BCUT2D eigenvalue weighted by Gasteiger charge is 2.24. The SMILES string of the molecule is Cc1cc(C(=O)NC2CCCN(c3cnc4cc(Cl)ccc4n3)C2)n(C)n1. The zero-order chi connectivity index (χ0) is 19.0. The Morgan fingerprint density at radius 1 is 1.30 bits per heavy atom. The summed E-state index contributed by atoms with van der Waals surface area (Å²) < 4.78 is 1.62. The first-order valence-electron chi connectivity index (χ1n) is 8.98. The molecule has 0 radical (unpaired) electrons. The molecule has 0 spiro atoms. The molecule has 7 nitrogen and oxygen atoms in total. The average Bonchev–Trinajstić information content (AvgIpc) is 3.00. The number of aryl methyl sites for hydroxylation is 2. The standard InChI is InChI=1S/C19H21ClN6O/c1-12-8-17(25(2)24-12)19(27)22-14-4-3-7-26(11-14)18-10-21-16-9-13(20)5-6-15(16)23-18/h5-6,8-10,14H,3-4,7,11H2,1-2H3,(H,22,27). The van der Waals surface area contributed by atoms with Crippen LogP contribution in [0.4, 0.5) is 5.82 Å². The second kappa shape index (κ2) is 7.15. The van der Waals surface area contributed by atoms with Crippen LogP contribution in [0.15, 0.2) is 30.5 Å². The lowest BCUT2D eigenvalue weighted by Crippen LogP contribution is -2.48. The Morgan fingerprint density at radius 2 is 2.15 bits per heavy atom. The number of aromatic nitrogens is 4. The van der Waals surface area contributed by atoms with Crippen molar-refractivity contribution in [1.29, 1.82) is 0 Å². The minimum Gasteiger partial charge on any atom is -0.353 e. The number of hydrogen-bond acceptors (Lipinski definition) is 5. The lowest BCUT2D eigenvalue weighted by Gasteiger charge is -2.33. The van der Waals surface area contributed by atoms with E-state index in [0.717, 1.165) is 41.9 Å². The molecule has 1 N–H and O–H groups in total. The number of hydrogen-bond donors (Lipinski definition) is 1. The summed E-state index contributed by atoms with van der Waals surface area (Å²) in [5.74, 6) is 0.726. The minimum absolute atomic E-state index is 0.0594. The number of nitrogens with zero attached hydrogens (tertiary/aromatic N) is 5. The van der Waals surface area contributed by atoms with E-state index >= 15 is 0 Å². The second-order valence-electron chi connectivity index (χ2n) is 6.91. The van der Waals surface area contributed by atoms with Crippen molar-refractivity contribution < 1.29 is 4.79 Å². The van der Waals surface area contributed by atoms with Crippen molar-refractivity contribution in [1.82, 2.24) is 25.1 Å². The third-order valence-corrected chi connectivity index (χ3v) is 5.04. The maximum absolute atomic E-state index is 12.6. The molecular weight excluding hydrogens is 364 g/mol. The number of fused-ring (bicyclic) bond motifs is 1. The zero-order valence-electron chi connectivity index (χ0n) is 15.3. The number of anilines is 1. The molecular formula is C19H21ClN6O. The van der Waals surface area contributed by atoms with Crippen LogP contribution in [0.3, 0.4) is 0 Å². The molecule has 1 unspecified atom stereocenters. The summed E-state index contributed by atoms with van der Waals surface area (Å²) in [6, 6.07) is 7.36. The Kier molecular flexibility index (Phi) is 4.70. The van der Waals surface area contributed by atoms with E-state index in [4.69, 9.17) is 16.6 Å². The Hall–Kier alpha value is -2.67. The van der Waals surface area contributed by atoms with Gasteiger partial charge in [0, 0.05) is 31.2 Å². The molecule has 140 valence electrons. The topological polar surface area (TPSA) is 75.9 Å². The van der Waals surface area contributed by atoms with Gasteiger partial charge in [0.25, 0.3) is 5.91 Å². The number of halogens is 1. The third-order valence-electron chi connectivity index (χ3n) is 4.81. The van der Waals surface area contributed by atoms with Crippen LogP contribution in [0.25, 0.3) is 11.0 Å². The van der Waals surface area contributed by atoms with Crippen LogP contribution in [0.2, 0.25) is 5.02 Å². The van der Waals surface area contributed by atoms with E-state index in [1.165, 1.54) is 0 Å². The Balaban J connectivity index is 1.48. The predicted molar refractivity (Wildman–Crippen MR) is 105 cm³/mol. The van der Waals surface area contributed by atoms with E-state index in [1.54, 1.807) is 24.0 Å². The lowest BCUT2D eigenvalue weighted by molar-refractivity contribution is 0.0923. The quantitative estimate of drug-likeness (QED) is 0.751. The molecule has 3 aromatic rings. The Morgan fingerprint density at radius 3 is 2.93 bits per heavy atom. The van der Waals surface area contributed by atoms with Gasteiger partial charge in [-0.3, -0.25) is 14.5 Å². The fourth-order valence-electron chi connectivity index (χ4n) is 3.51. The summed E-state index contributed by atoms with van der Waals surface area (Å²) in [7, 11) is 1.78. The maximum Gasteiger partial charge on any atom is 0.269 e. The van der Waals surface area contributed by atoms with Crippen molar-refractivity contribution in [3.63, 3.8) is 0 Å². The van der Waals surface area contributed by atoms with Crippen molar-refractivity contribution in [2.24, 2.45) is 7.05 Å². The van der Waals surface area contributed by atoms with Crippen LogP contribution in [0.5, 0.6) is 0 Å². The van der Waals surface area contributed by atoms with Gasteiger partial charge in [-0.1, -0.05) is 11.6 Å². The molecule has 3 heterocycles. The van der Waals surface area contributed by atoms with E-state index in [1.807, 2.05) is 25.1 Å². The lowest BCUT2D eigenvalue weighted by atomic mass is 10.1. The molecule has 27 heavy (non-hydrogen) atoms. The molecule has 0 bridgehead atoms. The van der Waals surface area contributed by atoms with Gasteiger partial charge in [0.2, 0.25) is 0 Å². The van der Waals surface area contributed by atoms with Crippen LogP contribution in [-0.4, -0.2) is 44.8 Å². The summed E-state index contributed by atoms with van der Waals surface area (Å²) >= 11 is 6.01. The van der Waals surface area contributed by atoms with Gasteiger partial charge in [0.15, 0.2) is 0 Å². The second-order valence-corrected chi connectivity index (χ2v) is 7.35. The summed E-state index contributed by atoms with van der Waals surface area (Å²) in [6.07, 6.45) is 3.69. The molecule has 1 aromatic carbocycles. The molecule has 1 saturated heterocycles. The third kappa shape index (κ3) is 3.73. The minimum atomic E-state index is -0.0933. The van der Waals surface area contributed by atoms with Crippen molar-refractivity contribution in [2.45, 2.75) is 25.8 Å². The molecule has 2 aromatic heterocycles. The van der Waals surface area contributed by atoms with E-state index in [-0.39, 0.29) is 11.9 Å². The van der Waals surface area contributed by atoms with Gasteiger partial charge in [-0.25, -0.2) is 4.98 Å². The Labute approximate surface area is 162 Å². The van der Waals surface area contributed by atoms with Crippen LogP contribution in [-0.2, 0) is 7.05 Å². The molecule has 1 aliphatic heterocycles. The van der Waals surface area contributed by atoms with Crippen molar-refractivity contribution in [3.05, 3.63) is 46.9 Å². The highest BCUT2D eigenvalue weighted by Crippen LogP contribution is 2.22. The van der Waals surface area contributed by atoms with E-state index in [0.29, 0.717) is 17.3 Å². The first kappa shape index (κ1) is 17.7. The van der Waals surface area contributed by atoms with Gasteiger partial charge in [-0.15, -0.1) is 0 Å². The zero-order valence-corrected chi connectivity index (χ0v) is 16.1. The monoisotopic (exact) mass is 384 g/mol. The number of amides is 1. The number of carbonyl (C=O) groups excluding carboxylic acids is 1. The first-order chi connectivity index (χ1) is 13.0. The molecule has 1 amide bonds. The van der Waals surface area contributed by atoms with Gasteiger partial charge < -0.3 is 10.2 Å². The van der Waals surface area contributed by atoms with E-state index in [2.05, 4.69) is 20.3 Å². The number of piperidine rings is 1. The van der Waals surface area contributed by atoms with Gasteiger partial charge in [-0.05, 0) is 44.0 Å². The van der Waals surface area contributed by atoms with Crippen LogP contribution in [0.1, 0.15) is 29.0 Å². The number of carbonyl (C=O) groups is 1. The van der Waals surface area contributed by atoms with Gasteiger partial charge >= 0.3 is 0 Å². The van der Waals surface area contributed by atoms with Crippen molar-refractivity contribution in [3.8, 4) is 0 Å². The van der Waals surface area contributed by atoms with E-state index in [9.17, 15) is 4.79 Å². The molecule has 0 aliphatic carbocycles. The molecule has 1 aliphatic rings. The van der Waals surface area contributed by atoms with Crippen molar-refractivity contribution in [2.75, 3.05) is 18.0 Å². The first-order valence-corrected chi connectivity index (χ1v) is 9.36. The number of nitrogens with one attached hydrogen (secondary N) is 1. The molecule has 0 saturated carbocycles. The summed E-state index contributed by atoms with van der Waals surface area (Å²) in [6.45, 7) is 3.48. The highest BCUT2D eigenvalue weighted by atomic mass is 35.5.